The molecule has 5 nitrogen and oxygen atoms in total. The van der Waals surface area contributed by atoms with Gasteiger partial charge in [-0.3, -0.25) is 9.48 Å². The van der Waals surface area contributed by atoms with E-state index in [9.17, 15) is 4.79 Å². The summed E-state index contributed by atoms with van der Waals surface area (Å²) in [6.07, 6.45) is 6.89. The predicted octanol–water partition coefficient (Wildman–Crippen LogP) is 2.20. The molecule has 0 radical (unpaired) electrons. The summed E-state index contributed by atoms with van der Waals surface area (Å²) in [4.78, 5) is 18.2. The summed E-state index contributed by atoms with van der Waals surface area (Å²) in [6, 6.07) is 8.67. The zero-order valence-electron chi connectivity index (χ0n) is 12.3. The quantitative estimate of drug-likeness (QED) is 0.865. The molecule has 110 valence electrons. The van der Waals surface area contributed by atoms with E-state index in [2.05, 4.69) is 34.3 Å². The van der Waals surface area contributed by atoms with Crippen LogP contribution in [0.15, 0.2) is 36.9 Å². The highest BCUT2D eigenvalue weighted by atomic mass is 16.2. The third-order valence-corrected chi connectivity index (χ3v) is 4.22. The predicted molar refractivity (Wildman–Crippen MR) is 79.5 cm³/mol. The average Bonchev–Trinajstić information content (AvgIpc) is 3.05. The summed E-state index contributed by atoms with van der Waals surface area (Å²) >= 11 is 0. The van der Waals surface area contributed by atoms with Crippen molar-refractivity contribution >= 4 is 5.91 Å². The first-order valence-electron chi connectivity index (χ1n) is 7.41. The summed E-state index contributed by atoms with van der Waals surface area (Å²) in [5.41, 5.74) is 2.69. The number of amides is 1. The van der Waals surface area contributed by atoms with Crippen LogP contribution in [-0.2, 0) is 17.8 Å². The van der Waals surface area contributed by atoms with E-state index in [1.807, 2.05) is 11.9 Å². The monoisotopic (exact) mass is 284 g/mol. The number of aryl methyl sites for hydroxylation is 2. The number of carbonyl (C=O) groups excluding carboxylic acids is 1. The van der Waals surface area contributed by atoms with Crippen LogP contribution in [0.1, 0.15) is 36.4 Å². The highest BCUT2D eigenvalue weighted by Crippen LogP contribution is 2.33. The zero-order chi connectivity index (χ0) is 14.7. The van der Waals surface area contributed by atoms with Crippen LogP contribution >= 0.6 is 0 Å². The maximum atomic E-state index is 12.4. The maximum Gasteiger partial charge on any atom is 0.224 e. The van der Waals surface area contributed by atoms with Gasteiger partial charge in [-0.25, -0.2) is 4.98 Å². The number of rotatable bonds is 4. The van der Waals surface area contributed by atoms with Crippen molar-refractivity contribution in [2.24, 2.45) is 0 Å². The molecule has 2 aromatic rings. The van der Waals surface area contributed by atoms with Crippen LogP contribution in [-0.4, -0.2) is 32.6 Å². The van der Waals surface area contributed by atoms with E-state index in [0.29, 0.717) is 13.0 Å². The Kier molecular flexibility index (Phi) is 3.99. The molecule has 1 atom stereocenters. The lowest BCUT2D eigenvalue weighted by Crippen LogP contribution is -2.33. The second kappa shape index (κ2) is 6.08. The molecule has 1 amide bonds. The summed E-state index contributed by atoms with van der Waals surface area (Å²) in [5.74, 6) is 0.159. The minimum atomic E-state index is 0.159. The normalized spacial score (nSPS) is 17.3. The largest absolute Gasteiger partial charge is 0.339 e. The molecule has 0 bridgehead atoms. The van der Waals surface area contributed by atoms with E-state index >= 15 is 0 Å². The Bertz CT molecular complexity index is 608. The summed E-state index contributed by atoms with van der Waals surface area (Å²) in [5, 5.41) is 4.03. The molecule has 5 heteroatoms. The van der Waals surface area contributed by atoms with E-state index in [4.69, 9.17) is 0 Å². The van der Waals surface area contributed by atoms with Gasteiger partial charge in [0, 0.05) is 13.5 Å². The van der Waals surface area contributed by atoms with E-state index in [1.165, 1.54) is 17.5 Å². The van der Waals surface area contributed by atoms with Gasteiger partial charge in [0.2, 0.25) is 5.91 Å². The van der Waals surface area contributed by atoms with Crippen LogP contribution in [0.2, 0.25) is 0 Å². The van der Waals surface area contributed by atoms with Crippen LogP contribution in [0.4, 0.5) is 0 Å². The van der Waals surface area contributed by atoms with Gasteiger partial charge in [-0.15, -0.1) is 0 Å². The Morgan fingerprint density at radius 3 is 3.10 bits per heavy atom. The topological polar surface area (TPSA) is 51.0 Å². The Balaban J connectivity index is 1.67. The molecule has 1 aliphatic carbocycles. The van der Waals surface area contributed by atoms with Crippen molar-refractivity contribution in [3.63, 3.8) is 0 Å². The van der Waals surface area contributed by atoms with E-state index in [1.54, 1.807) is 11.0 Å². The van der Waals surface area contributed by atoms with Gasteiger partial charge in [-0.05, 0) is 30.4 Å². The lowest BCUT2D eigenvalue weighted by atomic mass is 9.87. The van der Waals surface area contributed by atoms with Crippen molar-refractivity contribution in [2.45, 2.75) is 38.3 Å². The fourth-order valence-electron chi connectivity index (χ4n) is 3.04. The highest BCUT2D eigenvalue weighted by molar-refractivity contribution is 5.76. The SMILES string of the molecule is CN(C(=O)CCn1cncn1)C1CCCc2ccccc21. The molecular formula is C16H20N4O. The molecule has 1 aromatic heterocycles. The first kappa shape index (κ1) is 13.8. The van der Waals surface area contributed by atoms with Gasteiger partial charge >= 0.3 is 0 Å². The summed E-state index contributed by atoms with van der Waals surface area (Å²) < 4.78 is 1.69. The Labute approximate surface area is 124 Å². The Hall–Kier alpha value is -2.17. The first-order valence-corrected chi connectivity index (χ1v) is 7.41. The molecule has 1 heterocycles. The minimum Gasteiger partial charge on any atom is -0.339 e. The van der Waals surface area contributed by atoms with Gasteiger partial charge in [0.15, 0.2) is 0 Å². The summed E-state index contributed by atoms with van der Waals surface area (Å²) in [6.45, 7) is 0.581. The molecule has 1 aliphatic rings. The lowest BCUT2D eigenvalue weighted by molar-refractivity contribution is -0.132. The van der Waals surface area contributed by atoms with Crippen LogP contribution in [0.5, 0.6) is 0 Å². The van der Waals surface area contributed by atoms with Crippen LogP contribution in [0, 0.1) is 0 Å². The van der Waals surface area contributed by atoms with Crippen molar-refractivity contribution in [3.05, 3.63) is 48.0 Å². The fraction of sp³-hybridized carbons (Fsp3) is 0.438. The minimum absolute atomic E-state index is 0.159. The molecule has 1 aromatic carbocycles. The van der Waals surface area contributed by atoms with Crippen LogP contribution in [0.3, 0.4) is 0 Å². The van der Waals surface area contributed by atoms with Gasteiger partial charge < -0.3 is 4.90 Å². The number of nitrogens with zero attached hydrogens (tertiary/aromatic N) is 4. The molecule has 0 fully saturated rings. The van der Waals surface area contributed by atoms with Gasteiger partial charge in [-0.1, -0.05) is 24.3 Å². The molecule has 0 N–H and O–H groups in total. The third kappa shape index (κ3) is 2.96. The maximum absolute atomic E-state index is 12.4. The van der Waals surface area contributed by atoms with Crippen molar-refractivity contribution in [3.8, 4) is 0 Å². The molecule has 0 saturated carbocycles. The average molecular weight is 284 g/mol. The number of carbonyl (C=O) groups is 1. The highest BCUT2D eigenvalue weighted by Gasteiger charge is 2.26. The Morgan fingerprint density at radius 1 is 1.43 bits per heavy atom. The molecule has 0 saturated heterocycles. The molecule has 3 rings (SSSR count). The van der Waals surface area contributed by atoms with Crippen LogP contribution in [0.25, 0.3) is 0 Å². The third-order valence-electron chi connectivity index (χ3n) is 4.22. The van der Waals surface area contributed by atoms with Gasteiger partial charge in [0.05, 0.1) is 12.6 Å². The van der Waals surface area contributed by atoms with Gasteiger partial charge in [0.25, 0.3) is 0 Å². The van der Waals surface area contributed by atoms with Gasteiger partial charge in [-0.2, -0.15) is 5.10 Å². The number of benzene rings is 1. The van der Waals surface area contributed by atoms with Crippen molar-refractivity contribution < 1.29 is 4.79 Å². The number of fused-ring (bicyclic) bond motifs is 1. The van der Waals surface area contributed by atoms with E-state index in [-0.39, 0.29) is 11.9 Å². The zero-order valence-corrected chi connectivity index (χ0v) is 12.3. The van der Waals surface area contributed by atoms with E-state index < -0.39 is 0 Å². The van der Waals surface area contributed by atoms with E-state index in [0.717, 1.165) is 19.3 Å². The number of hydrogen-bond acceptors (Lipinski definition) is 3. The van der Waals surface area contributed by atoms with Crippen LogP contribution < -0.4 is 0 Å². The lowest BCUT2D eigenvalue weighted by Gasteiger charge is -2.33. The standard InChI is InChI=1S/C16H20N4O/c1-19(16(21)9-10-20-12-17-11-18-20)15-8-4-6-13-5-2-3-7-14(13)15/h2-3,5,7,11-12,15H,4,6,8-10H2,1H3. The van der Waals surface area contributed by atoms with Gasteiger partial charge in [0.1, 0.15) is 12.7 Å². The fourth-order valence-corrected chi connectivity index (χ4v) is 3.04. The van der Waals surface area contributed by atoms with Crippen molar-refractivity contribution in [2.75, 3.05) is 7.05 Å². The molecule has 0 aliphatic heterocycles. The molecule has 0 spiro atoms. The smallest absolute Gasteiger partial charge is 0.224 e. The molecule has 21 heavy (non-hydrogen) atoms. The first-order chi connectivity index (χ1) is 10.3. The number of hydrogen-bond donors (Lipinski definition) is 0. The molecular weight excluding hydrogens is 264 g/mol. The van der Waals surface area contributed by atoms with Crippen molar-refractivity contribution in [1.82, 2.24) is 19.7 Å². The second-order valence-corrected chi connectivity index (χ2v) is 5.52. The Morgan fingerprint density at radius 2 is 2.29 bits per heavy atom. The summed E-state index contributed by atoms with van der Waals surface area (Å²) in [7, 11) is 1.91. The second-order valence-electron chi connectivity index (χ2n) is 5.52. The molecule has 1 unspecified atom stereocenters. The van der Waals surface area contributed by atoms with Crippen molar-refractivity contribution in [1.29, 1.82) is 0 Å². The number of aromatic nitrogens is 3.